The predicted molar refractivity (Wildman–Crippen MR) is 89.1 cm³/mol. The van der Waals surface area contributed by atoms with Gasteiger partial charge in [0.1, 0.15) is 5.60 Å². The zero-order chi connectivity index (χ0) is 17.5. The van der Waals surface area contributed by atoms with Crippen LogP contribution in [0.15, 0.2) is 0 Å². The van der Waals surface area contributed by atoms with E-state index in [1.54, 1.807) is 4.90 Å². The highest BCUT2D eigenvalue weighted by Crippen LogP contribution is 2.52. The fourth-order valence-corrected chi connectivity index (χ4v) is 4.29. The van der Waals surface area contributed by atoms with Gasteiger partial charge in [-0.25, -0.2) is 4.79 Å². The standard InChI is InChI=1S/C18H33NO4/c1-15(2,3)23-14(21)19-10-9-17(12-19,13-20)18(22)8-6-7-16(4,5)11-18/h20,22H,6-13H2,1-5H3. The van der Waals surface area contributed by atoms with E-state index in [0.717, 1.165) is 12.8 Å². The summed E-state index contributed by atoms with van der Waals surface area (Å²) in [5.41, 5.74) is -2.03. The summed E-state index contributed by atoms with van der Waals surface area (Å²) in [6, 6.07) is 0. The summed E-state index contributed by atoms with van der Waals surface area (Å²) in [6.45, 7) is 10.7. The van der Waals surface area contributed by atoms with Gasteiger partial charge in [0.05, 0.1) is 12.2 Å². The molecule has 1 aliphatic heterocycles. The SMILES string of the molecule is CC1(C)CCCC(O)(C2(CO)CCN(C(=O)OC(C)(C)C)C2)C1. The minimum absolute atomic E-state index is 0.0640. The Hall–Kier alpha value is -0.810. The van der Waals surface area contributed by atoms with E-state index in [9.17, 15) is 15.0 Å². The molecule has 2 rings (SSSR count). The number of carbonyl (C=O) groups is 1. The highest BCUT2D eigenvalue weighted by Gasteiger charge is 2.57. The molecule has 0 aromatic rings. The second-order valence-electron chi connectivity index (χ2n) is 9.32. The molecule has 1 saturated heterocycles. The van der Waals surface area contributed by atoms with Crippen molar-refractivity contribution in [2.45, 2.75) is 77.9 Å². The minimum atomic E-state index is -0.916. The van der Waals surface area contributed by atoms with Crippen LogP contribution in [0.3, 0.4) is 0 Å². The summed E-state index contributed by atoms with van der Waals surface area (Å²) in [5.74, 6) is 0. The van der Waals surface area contributed by atoms with Gasteiger partial charge >= 0.3 is 6.09 Å². The molecule has 1 amide bonds. The molecule has 2 unspecified atom stereocenters. The third-order valence-electron chi connectivity index (χ3n) is 5.51. The van der Waals surface area contributed by atoms with Crippen LogP contribution in [0.25, 0.3) is 0 Å². The molecule has 134 valence electrons. The number of carbonyl (C=O) groups excluding carboxylic acids is 1. The molecule has 23 heavy (non-hydrogen) atoms. The van der Waals surface area contributed by atoms with Gasteiger partial charge in [-0.05, 0) is 51.9 Å². The topological polar surface area (TPSA) is 70.0 Å². The van der Waals surface area contributed by atoms with Crippen LogP contribution in [-0.4, -0.2) is 52.1 Å². The normalized spacial score (nSPS) is 34.5. The maximum atomic E-state index is 12.3. The van der Waals surface area contributed by atoms with Crippen molar-refractivity contribution in [1.29, 1.82) is 0 Å². The average Bonchev–Trinajstić information content (AvgIpc) is 2.81. The number of likely N-dealkylation sites (tertiary alicyclic amines) is 1. The highest BCUT2D eigenvalue weighted by molar-refractivity contribution is 5.68. The quantitative estimate of drug-likeness (QED) is 0.818. The van der Waals surface area contributed by atoms with Gasteiger partial charge in [0.15, 0.2) is 0 Å². The molecule has 0 aromatic heterocycles. The molecule has 0 radical (unpaired) electrons. The number of nitrogens with zero attached hydrogens (tertiary/aromatic N) is 1. The Kier molecular flexibility index (Phi) is 4.77. The van der Waals surface area contributed by atoms with E-state index in [1.807, 2.05) is 20.8 Å². The lowest BCUT2D eigenvalue weighted by molar-refractivity contribution is -0.147. The molecule has 5 heteroatoms. The first-order valence-electron chi connectivity index (χ1n) is 8.73. The first-order valence-corrected chi connectivity index (χ1v) is 8.73. The van der Waals surface area contributed by atoms with Crippen LogP contribution in [0.4, 0.5) is 4.79 Å². The molecule has 2 atom stereocenters. The van der Waals surface area contributed by atoms with Crippen molar-refractivity contribution in [3.63, 3.8) is 0 Å². The van der Waals surface area contributed by atoms with Crippen molar-refractivity contribution in [1.82, 2.24) is 4.90 Å². The predicted octanol–water partition coefficient (Wildman–Crippen LogP) is 2.94. The van der Waals surface area contributed by atoms with E-state index >= 15 is 0 Å². The van der Waals surface area contributed by atoms with Crippen LogP contribution in [0.1, 0.15) is 66.7 Å². The van der Waals surface area contributed by atoms with E-state index in [-0.39, 0.29) is 18.1 Å². The number of hydrogen-bond acceptors (Lipinski definition) is 4. The third kappa shape index (κ3) is 3.82. The van der Waals surface area contributed by atoms with E-state index in [0.29, 0.717) is 32.4 Å². The second kappa shape index (κ2) is 5.92. The first kappa shape index (κ1) is 18.5. The fraction of sp³-hybridized carbons (Fsp3) is 0.944. The van der Waals surface area contributed by atoms with Gasteiger partial charge in [0.25, 0.3) is 0 Å². The molecule has 1 saturated carbocycles. The summed E-state index contributed by atoms with van der Waals surface area (Å²) in [5, 5.41) is 21.4. The van der Waals surface area contributed by atoms with Crippen molar-refractivity contribution in [3.05, 3.63) is 0 Å². The van der Waals surface area contributed by atoms with Crippen LogP contribution >= 0.6 is 0 Å². The molecule has 0 bridgehead atoms. The summed E-state index contributed by atoms with van der Waals surface area (Å²) >= 11 is 0. The van der Waals surface area contributed by atoms with Crippen LogP contribution in [0, 0.1) is 10.8 Å². The van der Waals surface area contributed by atoms with Crippen molar-refractivity contribution < 1.29 is 19.7 Å². The van der Waals surface area contributed by atoms with Gasteiger partial charge in [-0.1, -0.05) is 20.3 Å². The molecule has 2 aliphatic rings. The Morgan fingerprint density at radius 1 is 1.22 bits per heavy atom. The Bertz CT molecular complexity index is 456. The zero-order valence-corrected chi connectivity index (χ0v) is 15.3. The molecule has 2 N–H and O–H groups in total. The van der Waals surface area contributed by atoms with Crippen molar-refractivity contribution in [3.8, 4) is 0 Å². The number of aliphatic hydroxyl groups is 2. The molecular weight excluding hydrogens is 294 g/mol. The summed E-state index contributed by atoms with van der Waals surface area (Å²) < 4.78 is 5.44. The molecule has 1 heterocycles. The number of amides is 1. The minimum Gasteiger partial charge on any atom is -0.444 e. The largest absolute Gasteiger partial charge is 0.444 e. The number of rotatable bonds is 2. The second-order valence-corrected chi connectivity index (χ2v) is 9.32. The van der Waals surface area contributed by atoms with Crippen molar-refractivity contribution >= 4 is 6.09 Å². The van der Waals surface area contributed by atoms with Gasteiger partial charge < -0.3 is 19.8 Å². The fourth-order valence-electron chi connectivity index (χ4n) is 4.29. The Morgan fingerprint density at radius 3 is 2.39 bits per heavy atom. The molecular formula is C18H33NO4. The van der Waals surface area contributed by atoms with E-state index < -0.39 is 16.6 Å². The maximum Gasteiger partial charge on any atom is 0.410 e. The van der Waals surface area contributed by atoms with Crippen LogP contribution in [0.5, 0.6) is 0 Å². The van der Waals surface area contributed by atoms with Crippen LogP contribution in [-0.2, 0) is 4.74 Å². The maximum absolute atomic E-state index is 12.3. The third-order valence-corrected chi connectivity index (χ3v) is 5.51. The average molecular weight is 327 g/mol. The Balaban J connectivity index is 2.15. The lowest BCUT2D eigenvalue weighted by Gasteiger charge is -2.51. The van der Waals surface area contributed by atoms with Crippen molar-refractivity contribution in [2.24, 2.45) is 10.8 Å². The van der Waals surface area contributed by atoms with E-state index in [2.05, 4.69) is 13.8 Å². The van der Waals surface area contributed by atoms with Gasteiger partial charge in [-0.2, -0.15) is 0 Å². The summed E-state index contributed by atoms with van der Waals surface area (Å²) in [7, 11) is 0. The molecule has 1 aliphatic carbocycles. The monoisotopic (exact) mass is 327 g/mol. The summed E-state index contributed by atoms with van der Waals surface area (Å²) in [6.07, 6.45) is 3.67. The summed E-state index contributed by atoms with van der Waals surface area (Å²) in [4.78, 5) is 14.0. The Morgan fingerprint density at radius 2 is 1.87 bits per heavy atom. The lowest BCUT2D eigenvalue weighted by atomic mass is 9.59. The molecule has 2 fully saturated rings. The molecule has 0 spiro atoms. The van der Waals surface area contributed by atoms with Gasteiger partial charge in [-0.3, -0.25) is 0 Å². The number of aliphatic hydroxyl groups excluding tert-OH is 1. The van der Waals surface area contributed by atoms with Gasteiger partial charge in [0, 0.05) is 18.5 Å². The highest BCUT2D eigenvalue weighted by atomic mass is 16.6. The van der Waals surface area contributed by atoms with E-state index in [4.69, 9.17) is 4.74 Å². The number of hydrogen-bond donors (Lipinski definition) is 2. The first-order chi connectivity index (χ1) is 10.4. The number of ether oxygens (including phenoxy) is 1. The Labute approximate surface area is 140 Å². The van der Waals surface area contributed by atoms with Crippen LogP contribution in [0.2, 0.25) is 0 Å². The van der Waals surface area contributed by atoms with Crippen LogP contribution < -0.4 is 0 Å². The van der Waals surface area contributed by atoms with Crippen molar-refractivity contribution in [2.75, 3.05) is 19.7 Å². The van der Waals surface area contributed by atoms with Gasteiger partial charge in [-0.15, -0.1) is 0 Å². The van der Waals surface area contributed by atoms with Gasteiger partial charge in [0.2, 0.25) is 0 Å². The van der Waals surface area contributed by atoms with E-state index in [1.165, 1.54) is 0 Å². The molecule has 0 aromatic carbocycles. The zero-order valence-electron chi connectivity index (χ0n) is 15.3. The molecule has 5 nitrogen and oxygen atoms in total. The lowest BCUT2D eigenvalue weighted by Crippen LogP contribution is -2.56. The smallest absolute Gasteiger partial charge is 0.410 e.